The maximum absolute atomic E-state index is 13.0. The number of fused-ring (bicyclic) bond motifs is 1. The van der Waals surface area contributed by atoms with E-state index in [4.69, 9.17) is 16.6 Å². The number of hydrogen-bond acceptors (Lipinski definition) is 11. The zero-order valence-corrected chi connectivity index (χ0v) is 24.0. The largest absolute Gasteiger partial charge is 0.457 e. The van der Waals surface area contributed by atoms with Crippen LogP contribution < -0.4 is 5.32 Å². The Morgan fingerprint density at radius 2 is 1.87 bits per heavy atom. The third-order valence-electron chi connectivity index (χ3n) is 5.44. The van der Waals surface area contributed by atoms with Crippen molar-refractivity contribution >= 4 is 96.0 Å². The maximum atomic E-state index is 13.0. The summed E-state index contributed by atoms with van der Waals surface area (Å²) in [5.74, 6) is 1.07. The van der Waals surface area contributed by atoms with Crippen molar-refractivity contribution in [3.05, 3.63) is 82.4 Å². The van der Waals surface area contributed by atoms with E-state index < -0.39 is 5.91 Å². The highest BCUT2D eigenvalue weighted by Crippen LogP contribution is 2.34. The summed E-state index contributed by atoms with van der Waals surface area (Å²) in [4.78, 5) is 31.9. The van der Waals surface area contributed by atoms with Crippen LogP contribution in [0.3, 0.4) is 0 Å². The first-order valence-corrected chi connectivity index (χ1v) is 15.4. The van der Waals surface area contributed by atoms with Gasteiger partial charge in [0.25, 0.3) is 5.91 Å². The van der Waals surface area contributed by atoms with Gasteiger partial charge < -0.3 is 4.42 Å². The van der Waals surface area contributed by atoms with Gasteiger partial charge in [-0.1, -0.05) is 89.5 Å². The average molecular weight is 608 g/mol. The van der Waals surface area contributed by atoms with E-state index in [1.165, 1.54) is 16.2 Å². The Morgan fingerprint density at radius 1 is 1.05 bits per heavy atom. The lowest BCUT2D eigenvalue weighted by molar-refractivity contribution is -0.126. The monoisotopic (exact) mass is 607 g/mol. The van der Waals surface area contributed by atoms with Crippen LogP contribution in [-0.2, 0) is 15.3 Å². The summed E-state index contributed by atoms with van der Waals surface area (Å²) in [5, 5.41) is 12.1. The molecule has 3 aromatic heterocycles. The number of anilines is 1. The topological polar surface area (TPSA) is 101 Å². The van der Waals surface area contributed by atoms with Crippen LogP contribution in [-0.4, -0.2) is 42.8 Å². The predicted molar refractivity (Wildman–Crippen MR) is 162 cm³/mol. The number of para-hydroxylation sites is 1. The highest BCUT2D eigenvalue weighted by Gasteiger charge is 2.34. The third-order valence-corrected chi connectivity index (χ3v) is 10.0. The summed E-state index contributed by atoms with van der Waals surface area (Å²) < 4.78 is 8.27. The quantitative estimate of drug-likeness (QED) is 0.120. The van der Waals surface area contributed by atoms with Crippen molar-refractivity contribution in [1.82, 2.24) is 20.1 Å². The lowest BCUT2D eigenvalue weighted by atomic mass is 10.2. The van der Waals surface area contributed by atoms with Crippen LogP contribution in [0.4, 0.5) is 5.13 Å². The van der Waals surface area contributed by atoms with E-state index in [1.807, 2.05) is 60.7 Å². The van der Waals surface area contributed by atoms with Crippen molar-refractivity contribution in [2.24, 2.45) is 0 Å². The van der Waals surface area contributed by atoms with Crippen molar-refractivity contribution in [1.29, 1.82) is 0 Å². The summed E-state index contributed by atoms with van der Waals surface area (Å²) in [6, 6.07) is 21.3. The number of carbonyl (C=O) groups is 2. The molecule has 1 aliphatic rings. The van der Waals surface area contributed by atoms with Gasteiger partial charge in [-0.15, -0.1) is 21.5 Å². The van der Waals surface area contributed by atoms with E-state index >= 15 is 0 Å². The third kappa shape index (κ3) is 5.97. The Labute approximate surface area is 244 Å². The molecular formula is C26H17N5O3S5. The van der Waals surface area contributed by atoms with Gasteiger partial charge in [-0.25, -0.2) is 4.98 Å². The van der Waals surface area contributed by atoms with E-state index in [0.29, 0.717) is 31.6 Å². The van der Waals surface area contributed by atoms with Crippen LogP contribution in [0.15, 0.2) is 80.4 Å². The summed E-state index contributed by atoms with van der Waals surface area (Å²) >= 11 is 11.0. The molecule has 4 heterocycles. The molecule has 13 heteroatoms. The van der Waals surface area contributed by atoms with E-state index in [0.717, 1.165) is 36.9 Å². The van der Waals surface area contributed by atoms with Crippen molar-refractivity contribution in [2.75, 3.05) is 11.9 Å². The predicted octanol–water partition coefficient (Wildman–Crippen LogP) is 6.54. The molecule has 1 aliphatic heterocycles. The number of carbonyl (C=O) groups excluding carboxylic acids is 2. The Kier molecular flexibility index (Phi) is 7.57. The van der Waals surface area contributed by atoms with Gasteiger partial charge in [-0.3, -0.25) is 19.8 Å². The summed E-state index contributed by atoms with van der Waals surface area (Å²) in [6.07, 6.45) is 1.64. The molecule has 2 aromatic carbocycles. The van der Waals surface area contributed by atoms with Crippen LogP contribution in [0.1, 0.15) is 10.8 Å². The molecule has 8 nitrogen and oxygen atoms in total. The van der Waals surface area contributed by atoms with Crippen LogP contribution in [0.2, 0.25) is 0 Å². The Balaban J connectivity index is 1.04. The fraction of sp³-hybridized carbons (Fsp3) is 0.0769. The number of rotatable bonds is 8. The maximum Gasteiger partial charge on any atom is 0.266 e. The summed E-state index contributed by atoms with van der Waals surface area (Å²) in [5.41, 5.74) is 1.92. The molecule has 2 amide bonds. The first-order valence-electron chi connectivity index (χ1n) is 11.5. The molecule has 0 spiro atoms. The van der Waals surface area contributed by atoms with Crippen LogP contribution in [0, 0.1) is 0 Å². The number of amides is 2. The number of nitrogens with one attached hydrogen (secondary N) is 1. The second kappa shape index (κ2) is 11.4. The Morgan fingerprint density at radius 3 is 2.72 bits per heavy atom. The van der Waals surface area contributed by atoms with Gasteiger partial charge >= 0.3 is 0 Å². The van der Waals surface area contributed by atoms with Crippen LogP contribution in [0.25, 0.3) is 27.6 Å². The standard InChI is InChI=1S/C26H17N5O3S5/c32-21(28-24-30-29-22(39-24)14-36-25-27-17-8-4-5-9-19(17)37-25)13-31-23(33)20(38-26(31)35)12-16-10-11-18(34-16)15-6-2-1-3-7-15/h1-12H,13-14H2,(H,28,30,32)/b20-12-. The van der Waals surface area contributed by atoms with Gasteiger partial charge in [0.2, 0.25) is 11.0 Å². The van der Waals surface area contributed by atoms with Gasteiger partial charge in [-0.2, -0.15) is 0 Å². The average Bonchev–Trinajstić information content (AvgIpc) is 3.73. The molecule has 39 heavy (non-hydrogen) atoms. The number of thiazole rings is 1. The van der Waals surface area contributed by atoms with Gasteiger partial charge in [-0.05, 0) is 24.3 Å². The number of nitrogens with zero attached hydrogens (tertiary/aromatic N) is 4. The fourth-order valence-corrected chi connectivity index (χ4v) is 7.70. The van der Waals surface area contributed by atoms with Crippen molar-refractivity contribution in [2.45, 2.75) is 10.1 Å². The number of aromatic nitrogens is 3. The SMILES string of the molecule is O=C(CN1C(=O)/C(=C/c2ccc(-c3ccccc3)o2)SC1=S)Nc1nnc(CSc2nc3ccccc3s2)s1. The van der Waals surface area contributed by atoms with E-state index in [1.54, 1.807) is 35.2 Å². The molecule has 0 bridgehead atoms. The minimum Gasteiger partial charge on any atom is -0.457 e. The first kappa shape index (κ1) is 25.9. The molecule has 1 fully saturated rings. The fourth-order valence-electron chi connectivity index (χ4n) is 3.65. The Hall–Kier alpha value is -3.36. The number of thioether (sulfide) groups is 2. The zero-order chi connectivity index (χ0) is 26.8. The molecule has 194 valence electrons. The smallest absolute Gasteiger partial charge is 0.266 e. The minimum absolute atomic E-state index is 0.217. The molecule has 6 rings (SSSR count). The van der Waals surface area contributed by atoms with Crippen molar-refractivity contribution in [3.8, 4) is 11.3 Å². The van der Waals surface area contributed by atoms with Crippen LogP contribution >= 0.6 is 58.4 Å². The van der Waals surface area contributed by atoms with E-state index in [2.05, 4.69) is 20.5 Å². The molecule has 0 radical (unpaired) electrons. The van der Waals surface area contributed by atoms with E-state index in [-0.39, 0.29) is 12.5 Å². The molecule has 1 N–H and O–H groups in total. The minimum atomic E-state index is -0.404. The molecular weight excluding hydrogens is 591 g/mol. The van der Waals surface area contributed by atoms with Crippen molar-refractivity contribution < 1.29 is 14.0 Å². The molecule has 1 saturated heterocycles. The van der Waals surface area contributed by atoms with Gasteiger partial charge in [0, 0.05) is 11.6 Å². The highest BCUT2D eigenvalue weighted by atomic mass is 32.2. The second-order valence-electron chi connectivity index (χ2n) is 8.12. The van der Waals surface area contributed by atoms with Gasteiger partial charge in [0.15, 0.2) is 4.34 Å². The summed E-state index contributed by atoms with van der Waals surface area (Å²) in [7, 11) is 0. The van der Waals surface area contributed by atoms with E-state index in [9.17, 15) is 9.59 Å². The lowest BCUT2D eigenvalue weighted by Gasteiger charge is -2.12. The van der Waals surface area contributed by atoms with Crippen molar-refractivity contribution in [3.63, 3.8) is 0 Å². The number of benzene rings is 2. The lowest BCUT2D eigenvalue weighted by Crippen LogP contribution is -2.36. The van der Waals surface area contributed by atoms with Gasteiger partial charge in [0.1, 0.15) is 27.4 Å². The number of hydrogen-bond donors (Lipinski definition) is 1. The van der Waals surface area contributed by atoms with Crippen LogP contribution in [0.5, 0.6) is 0 Å². The molecule has 0 aliphatic carbocycles. The molecule has 0 unspecified atom stereocenters. The number of thiocarbonyl (C=S) groups is 1. The molecule has 5 aromatic rings. The Bertz CT molecular complexity index is 1690. The highest BCUT2D eigenvalue weighted by molar-refractivity contribution is 8.26. The summed E-state index contributed by atoms with van der Waals surface area (Å²) in [6.45, 7) is -0.217. The van der Waals surface area contributed by atoms with Gasteiger partial charge in [0.05, 0.1) is 20.9 Å². The normalized spacial score (nSPS) is 14.6. The molecule has 0 saturated carbocycles. The second-order valence-corrected chi connectivity index (χ2v) is 13.1. The first-order chi connectivity index (χ1) is 19.0. The zero-order valence-electron chi connectivity index (χ0n) is 19.9. The molecule has 0 atom stereocenters. The number of furan rings is 1.